The maximum Gasteiger partial charge on any atom is 0.453 e. The minimum Gasteiger partial charge on any atom is -0.481 e. The summed E-state index contributed by atoms with van der Waals surface area (Å²) in [6, 6.07) is 7.43. The van der Waals surface area contributed by atoms with E-state index >= 15 is 0 Å². The number of fused-ring (bicyclic) bond motifs is 1. The summed E-state index contributed by atoms with van der Waals surface area (Å²) in [4.78, 5) is 34.3. The average molecular weight is 751 g/mol. The van der Waals surface area contributed by atoms with Gasteiger partial charge in [0.05, 0.1) is 11.0 Å². The molecule has 0 saturated carbocycles. The second-order valence-corrected chi connectivity index (χ2v) is 12.7. The molecule has 3 rings (SSSR count). The molecule has 2 heterocycles. The number of benzene rings is 1. The number of nitrogen functional groups attached to an aromatic ring is 1. The second-order valence-electron chi connectivity index (χ2n) is 12.7. The number of aromatic nitrogens is 2. The number of amides is 1. The van der Waals surface area contributed by atoms with Crippen LogP contribution in [0.25, 0.3) is 5.57 Å². The van der Waals surface area contributed by atoms with Gasteiger partial charge in [-0.2, -0.15) is 22.0 Å². The summed E-state index contributed by atoms with van der Waals surface area (Å²) >= 11 is 0. The number of alkyl halides is 5. The fourth-order valence-electron chi connectivity index (χ4n) is 5.12. The summed E-state index contributed by atoms with van der Waals surface area (Å²) < 4.78 is 57.4. The third-order valence-electron chi connectivity index (χ3n) is 8.30. The minimum atomic E-state index is -5.39. The number of carbonyl (C=O) groups excluding carboxylic acids is 1. The SMILES string of the molecule is C#C.CC.CC.CC=C(C(/C=C\C)=C(/C)C(C)C)c1nc(N)c2c(n1)NC(=O)C2(C)c1ccc(CC(C)(C)C(=O)O)cc1.CCCC(F)(F)C(F)(F)F. The van der Waals surface area contributed by atoms with E-state index in [-0.39, 0.29) is 18.1 Å². The number of anilines is 2. The molecule has 1 atom stereocenters. The minimum absolute atomic E-state index is 0.174. The Morgan fingerprint density at radius 2 is 1.53 bits per heavy atom. The largest absolute Gasteiger partial charge is 0.481 e. The Morgan fingerprint density at radius 1 is 1.02 bits per heavy atom. The highest BCUT2D eigenvalue weighted by molar-refractivity contribution is 6.09. The summed E-state index contributed by atoms with van der Waals surface area (Å²) in [6.07, 6.45) is 7.69. The van der Waals surface area contributed by atoms with Gasteiger partial charge in [-0.25, -0.2) is 9.97 Å². The summed E-state index contributed by atoms with van der Waals surface area (Å²) in [5, 5.41) is 12.4. The number of nitrogens with zero attached hydrogens (tertiary/aromatic N) is 2. The molecule has 0 spiro atoms. The van der Waals surface area contributed by atoms with Crippen molar-refractivity contribution in [2.75, 3.05) is 11.1 Å². The van der Waals surface area contributed by atoms with Crippen molar-refractivity contribution in [1.29, 1.82) is 0 Å². The first kappa shape index (κ1) is 50.6. The van der Waals surface area contributed by atoms with Gasteiger partial charge in [0.2, 0.25) is 5.91 Å². The van der Waals surface area contributed by atoms with Gasteiger partial charge >= 0.3 is 18.1 Å². The molecule has 4 N–H and O–H groups in total. The van der Waals surface area contributed by atoms with Crippen LogP contribution in [0.2, 0.25) is 0 Å². The maximum atomic E-state index is 13.3. The number of halogens is 5. The van der Waals surface area contributed by atoms with E-state index in [0.29, 0.717) is 29.5 Å². The number of terminal acetylenes is 1. The lowest BCUT2D eigenvalue weighted by atomic mass is 9.77. The highest BCUT2D eigenvalue weighted by atomic mass is 19.4. The van der Waals surface area contributed by atoms with Crippen molar-refractivity contribution < 1.29 is 36.6 Å². The van der Waals surface area contributed by atoms with Crippen LogP contribution >= 0.6 is 0 Å². The van der Waals surface area contributed by atoms with Crippen molar-refractivity contribution >= 4 is 29.1 Å². The molecule has 53 heavy (non-hydrogen) atoms. The Labute approximate surface area is 313 Å². The summed E-state index contributed by atoms with van der Waals surface area (Å²) in [5.74, 6) is -4.15. The molecule has 2 aromatic rings. The van der Waals surface area contributed by atoms with Crippen LogP contribution in [0.15, 0.2) is 53.6 Å². The molecule has 1 aromatic carbocycles. The maximum absolute atomic E-state index is 13.3. The molecule has 0 fully saturated rings. The molecule has 1 aliphatic heterocycles. The van der Waals surface area contributed by atoms with Crippen LogP contribution in [-0.4, -0.2) is 39.0 Å². The molecule has 7 nitrogen and oxygen atoms in total. The van der Waals surface area contributed by atoms with Gasteiger partial charge in [0.15, 0.2) is 5.82 Å². The van der Waals surface area contributed by atoms with Gasteiger partial charge in [-0.3, -0.25) is 9.59 Å². The number of nitrogens with two attached hydrogens (primary N) is 1. The first-order valence-electron chi connectivity index (χ1n) is 17.7. The monoisotopic (exact) mass is 750 g/mol. The lowest BCUT2D eigenvalue weighted by Gasteiger charge is -2.25. The first-order chi connectivity index (χ1) is 24.6. The Kier molecular flexibility index (Phi) is 20.9. The molecule has 296 valence electrons. The van der Waals surface area contributed by atoms with E-state index in [1.54, 1.807) is 13.8 Å². The van der Waals surface area contributed by atoms with Crippen molar-refractivity contribution in [2.24, 2.45) is 11.3 Å². The van der Waals surface area contributed by atoms with Crippen LogP contribution in [0.5, 0.6) is 0 Å². The fourth-order valence-corrected chi connectivity index (χ4v) is 5.12. The van der Waals surface area contributed by atoms with E-state index in [1.165, 1.54) is 12.5 Å². The third-order valence-corrected chi connectivity index (χ3v) is 8.30. The number of carboxylic acids is 1. The zero-order valence-corrected chi connectivity index (χ0v) is 33.5. The predicted molar refractivity (Wildman–Crippen MR) is 208 cm³/mol. The van der Waals surface area contributed by atoms with Crippen LogP contribution in [0.3, 0.4) is 0 Å². The molecule has 1 aromatic heterocycles. The number of allylic oxidation sites excluding steroid dienone is 6. The van der Waals surface area contributed by atoms with Crippen molar-refractivity contribution in [1.82, 2.24) is 9.97 Å². The van der Waals surface area contributed by atoms with Crippen molar-refractivity contribution in [3.8, 4) is 12.8 Å². The van der Waals surface area contributed by atoms with E-state index in [0.717, 1.165) is 22.3 Å². The van der Waals surface area contributed by atoms with Gasteiger partial charge in [0.1, 0.15) is 17.1 Å². The number of hydrogen-bond acceptors (Lipinski definition) is 5. The molecule has 12 heteroatoms. The second kappa shape index (κ2) is 21.9. The number of carboxylic acid groups (broad SMARTS) is 1. The van der Waals surface area contributed by atoms with Crippen molar-refractivity contribution in [2.45, 2.75) is 127 Å². The number of carbonyl (C=O) groups is 2. The third kappa shape index (κ3) is 12.5. The molecule has 1 amide bonds. The number of rotatable bonds is 10. The fraction of sp³-hybridized carbons (Fsp3) is 0.512. The van der Waals surface area contributed by atoms with Gasteiger partial charge in [0, 0.05) is 12.0 Å². The zero-order chi connectivity index (χ0) is 42.1. The van der Waals surface area contributed by atoms with E-state index in [9.17, 15) is 36.6 Å². The molecule has 0 radical (unpaired) electrons. The highest BCUT2D eigenvalue weighted by Gasteiger charge is 2.56. The van der Waals surface area contributed by atoms with Crippen LogP contribution in [0.1, 0.15) is 125 Å². The van der Waals surface area contributed by atoms with E-state index in [4.69, 9.17) is 10.7 Å². The molecule has 0 saturated heterocycles. The van der Waals surface area contributed by atoms with Gasteiger partial charge in [0.25, 0.3) is 0 Å². The Hall–Kier alpha value is -4.53. The standard InChI is InChI=1S/C30H38N4O3.C5H7F5.2C2H6.C2H2/c1-9-11-22(18(5)17(3)4)21(10-2)25-32-24(31)23-26(33-25)34-27(35)30(23,8)20-14-12-19(13-15-20)16-29(6,7)28(36)37;1-2-3-4(6,7)5(8,9)10;3*1-2/h9-15,17H,16H2,1-8H3,(H,36,37)(H3,31,32,33,34,35);2-3H2,1H3;2*1-2H3;1-2H/b11-9-,21-10?,22-18-;;;;. The predicted octanol–water partition coefficient (Wildman–Crippen LogP) is 11.2. The number of hydrogen-bond donors (Lipinski definition) is 3. The smallest absolute Gasteiger partial charge is 0.453 e. The van der Waals surface area contributed by atoms with E-state index in [1.807, 2.05) is 91.0 Å². The molecular formula is C41H59F5N4O3. The summed E-state index contributed by atoms with van der Waals surface area (Å²) in [5.41, 5.74) is 9.80. The highest BCUT2D eigenvalue weighted by Crippen LogP contribution is 2.45. The van der Waals surface area contributed by atoms with Gasteiger partial charge in [-0.1, -0.05) is 103 Å². The average Bonchev–Trinajstić information content (AvgIpc) is 3.36. The summed E-state index contributed by atoms with van der Waals surface area (Å²) in [7, 11) is 0. The normalized spacial score (nSPS) is 15.9. The lowest BCUT2D eigenvalue weighted by molar-refractivity contribution is -0.284. The molecule has 0 aliphatic carbocycles. The number of nitrogens with one attached hydrogen (secondary N) is 1. The lowest BCUT2D eigenvalue weighted by Crippen LogP contribution is -2.35. The van der Waals surface area contributed by atoms with Crippen LogP contribution in [0.4, 0.5) is 33.6 Å². The quantitative estimate of drug-likeness (QED) is 0.126. The van der Waals surface area contributed by atoms with Gasteiger partial charge in [-0.15, -0.1) is 12.8 Å². The first-order valence-corrected chi connectivity index (χ1v) is 17.7. The van der Waals surface area contributed by atoms with Crippen LogP contribution in [0, 0.1) is 24.2 Å². The molecule has 1 unspecified atom stereocenters. The van der Waals surface area contributed by atoms with E-state index in [2.05, 4.69) is 43.9 Å². The summed E-state index contributed by atoms with van der Waals surface area (Å²) in [6.45, 7) is 24.8. The van der Waals surface area contributed by atoms with Crippen LogP contribution in [-0.2, 0) is 21.4 Å². The molecular weight excluding hydrogens is 691 g/mol. The Morgan fingerprint density at radius 3 is 1.91 bits per heavy atom. The molecule has 1 aliphatic rings. The Bertz CT molecular complexity index is 1610. The topological polar surface area (TPSA) is 118 Å². The van der Waals surface area contributed by atoms with Gasteiger partial charge < -0.3 is 16.2 Å². The van der Waals surface area contributed by atoms with Crippen LogP contribution < -0.4 is 11.1 Å². The number of aliphatic carboxylic acids is 1. The van der Waals surface area contributed by atoms with E-state index < -0.39 is 35.3 Å². The van der Waals surface area contributed by atoms with Crippen molar-refractivity contribution in [3.63, 3.8) is 0 Å². The zero-order valence-electron chi connectivity index (χ0n) is 33.5. The Balaban J connectivity index is 0. The van der Waals surface area contributed by atoms with Crippen molar-refractivity contribution in [3.05, 3.63) is 76.2 Å². The molecule has 0 bridgehead atoms. The van der Waals surface area contributed by atoms with Gasteiger partial charge in [-0.05, 0) is 70.6 Å².